The van der Waals surface area contributed by atoms with Crippen molar-refractivity contribution in [2.75, 3.05) is 0 Å². The predicted molar refractivity (Wildman–Crippen MR) is 66.2 cm³/mol. The molecule has 0 N–H and O–H groups in total. The molecular weight excluding hydrogens is 275 g/mol. The molecule has 0 rings (SSSR count). The van der Waals surface area contributed by atoms with Crippen molar-refractivity contribution in [1.29, 1.82) is 0 Å². The maximum absolute atomic E-state index is 10.0. The minimum absolute atomic E-state index is 0.748. The van der Waals surface area contributed by atoms with Crippen molar-refractivity contribution in [3.05, 3.63) is 10.2 Å². The number of hydrogen-bond donors (Lipinski definition) is 0. The Balaban J connectivity index is 2.87. The molecule has 0 bridgehead atoms. The molecule has 0 radical (unpaired) electrons. The van der Waals surface area contributed by atoms with Crippen LogP contribution in [-0.4, -0.2) is 6.29 Å². The van der Waals surface area contributed by atoms with Crippen LogP contribution in [0.5, 0.6) is 0 Å². The van der Waals surface area contributed by atoms with Crippen LogP contribution in [0, 0.1) is 0 Å². The van der Waals surface area contributed by atoms with E-state index in [0.717, 1.165) is 19.1 Å². The smallest absolute Gasteiger partial charge is 0.119 e. The van der Waals surface area contributed by atoms with Crippen LogP contribution in [0.25, 0.3) is 0 Å². The maximum Gasteiger partial charge on any atom is 0.119 e. The van der Waals surface area contributed by atoms with Crippen molar-refractivity contribution in [2.45, 2.75) is 51.4 Å². The molecule has 0 aromatic carbocycles. The molecule has 0 aliphatic rings. The number of aldehydes is 1. The van der Waals surface area contributed by atoms with Crippen LogP contribution in [0.3, 0.4) is 0 Å². The zero-order chi connectivity index (χ0) is 9.78. The van der Waals surface area contributed by atoms with Crippen LogP contribution in [0.15, 0.2) is 10.2 Å². The molecule has 0 atom stereocenters. The van der Waals surface area contributed by atoms with E-state index in [1.807, 2.05) is 0 Å². The van der Waals surface area contributed by atoms with E-state index in [1.54, 1.807) is 0 Å². The summed E-state index contributed by atoms with van der Waals surface area (Å²) in [4.78, 5) is 10.0. The Kier molecular flexibility index (Phi) is 12.3. The molecule has 0 unspecified atom stereocenters. The highest BCUT2D eigenvalue weighted by molar-refractivity contribution is 14.1. The molecule has 0 heterocycles. The standard InChI is InChI=1S/C11H19IO/c12-10-8-6-4-2-1-3-5-7-9-11-13/h8,10-11H,1-7,9H2/b10-8+. The van der Waals surface area contributed by atoms with Crippen LogP contribution < -0.4 is 0 Å². The summed E-state index contributed by atoms with van der Waals surface area (Å²) in [5, 5.41) is 0. The van der Waals surface area contributed by atoms with E-state index in [9.17, 15) is 4.79 Å². The Hall–Kier alpha value is 0.140. The minimum Gasteiger partial charge on any atom is -0.303 e. The molecule has 76 valence electrons. The minimum atomic E-state index is 0.748. The molecule has 1 nitrogen and oxygen atoms in total. The first-order chi connectivity index (χ1) is 6.41. The van der Waals surface area contributed by atoms with Crippen LogP contribution >= 0.6 is 22.6 Å². The average Bonchev–Trinajstić information content (AvgIpc) is 2.16. The Morgan fingerprint density at radius 1 is 0.846 bits per heavy atom. The molecule has 0 saturated heterocycles. The third kappa shape index (κ3) is 12.1. The summed E-state index contributed by atoms with van der Waals surface area (Å²) >= 11 is 2.26. The molecule has 0 saturated carbocycles. The predicted octanol–water partition coefficient (Wildman–Crippen LogP) is 4.25. The molecule has 0 amide bonds. The molecule has 0 aliphatic carbocycles. The fourth-order valence-corrected chi connectivity index (χ4v) is 1.62. The maximum atomic E-state index is 10.0. The van der Waals surface area contributed by atoms with Gasteiger partial charge in [0.15, 0.2) is 0 Å². The lowest BCUT2D eigenvalue weighted by Gasteiger charge is -1.98. The summed E-state index contributed by atoms with van der Waals surface area (Å²) < 4.78 is 2.09. The van der Waals surface area contributed by atoms with Gasteiger partial charge in [-0.15, -0.1) is 0 Å². The van der Waals surface area contributed by atoms with Gasteiger partial charge in [-0.05, 0) is 23.3 Å². The number of hydrogen-bond acceptors (Lipinski definition) is 1. The zero-order valence-corrected chi connectivity index (χ0v) is 10.3. The quantitative estimate of drug-likeness (QED) is 0.353. The first-order valence-electron chi connectivity index (χ1n) is 5.10. The average molecular weight is 294 g/mol. The Labute approximate surface area is 95.1 Å². The summed E-state index contributed by atoms with van der Waals surface area (Å²) in [6, 6.07) is 0. The van der Waals surface area contributed by atoms with E-state index in [-0.39, 0.29) is 0 Å². The summed E-state index contributed by atoms with van der Waals surface area (Å²) in [6.45, 7) is 0. The highest BCUT2D eigenvalue weighted by Gasteiger charge is 1.89. The molecule has 13 heavy (non-hydrogen) atoms. The van der Waals surface area contributed by atoms with Gasteiger partial charge < -0.3 is 4.79 Å². The van der Waals surface area contributed by atoms with E-state index in [1.165, 1.54) is 38.5 Å². The number of carbonyl (C=O) groups excluding carboxylic acids is 1. The number of halogens is 1. The van der Waals surface area contributed by atoms with Gasteiger partial charge in [-0.2, -0.15) is 0 Å². The Morgan fingerprint density at radius 2 is 1.38 bits per heavy atom. The number of unbranched alkanes of at least 4 members (excludes halogenated alkanes) is 7. The summed E-state index contributed by atoms with van der Waals surface area (Å²) in [5.41, 5.74) is 0. The summed E-state index contributed by atoms with van der Waals surface area (Å²) in [7, 11) is 0. The fourth-order valence-electron chi connectivity index (χ4n) is 1.26. The molecule has 0 aromatic heterocycles. The second kappa shape index (κ2) is 12.1. The van der Waals surface area contributed by atoms with Crippen LogP contribution in [0.4, 0.5) is 0 Å². The van der Waals surface area contributed by atoms with Crippen LogP contribution in [-0.2, 0) is 4.79 Å². The molecule has 0 aliphatic heterocycles. The number of rotatable bonds is 9. The lowest BCUT2D eigenvalue weighted by molar-refractivity contribution is -0.107. The van der Waals surface area contributed by atoms with E-state index in [2.05, 4.69) is 32.7 Å². The van der Waals surface area contributed by atoms with Gasteiger partial charge in [0.25, 0.3) is 0 Å². The van der Waals surface area contributed by atoms with Gasteiger partial charge in [0, 0.05) is 6.42 Å². The highest BCUT2D eigenvalue weighted by Crippen LogP contribution is 2.08. The van der Waals surface area contributed by atoms with Gasteiger partial charge in [-0.1, -0.05) is 54.4 Å². The second-order valence-corrected chi connectivity index (χ2v) is 3.95. The van der Waals surface area contributed by atoms with Crippen molar-refractivity contribution < 1.29 is 4.79 Å². The fraction of sp³-hybridized carbons (Fsp3) is 0.727. The lowest BCUT2D eigenvalue weighted by Crippen LogP contribution is -1.80. The van der Waals surface area contributed by atoms with Gasteiger partial charge in [0.05, 0.1) is 0 Å². The second-order valence-electron chi connectivity index (χ2n) is 3.23. The van der Waals surface area contributed by atoms with Gasteiger partial charge in [0.1, 0.15) is 6.29 Å². The van der Waals surface area contributed by atoms with Crippen molar-refractivity contribution in [3.8, 4) is 0 Å². The largest absolute Gasteiger partial charge is 0.303 e. The van der Waals surface area contributed by atoms with Gasteiger partial charge in [0.2, 0.25) is 0 Å². The highest BCUT2D eigenvalue weighted by atomic mass is 127. The molecule has 0 spiro atoms. The van der Waals surface area contributed by atoms with Gasteiger partial charge in [-0.3, -0.25) is 0 Å². The van der Waals surface area contributed by atoms with E-state index < -0.39 is 0 Å². The number of allylic oxidation sites excluding steroid dienone is 1. The summed E-state index contributed by atoms with van der Waals surface area (Å²) in [6.07, 6.45) is 12.8. The van der Waals surface area contributed by atoms with Crippen LogP contribution in [0.2, 0.25) is 0 Å². The molecular formula is C11H19IO. The first-order valence-corrected chi connectivity index (χ1v) is 6.35. The lowest BCUT2D eigenvalue weighted by atomic mass is 10.1. The van der Waals surface area contributed by atoms with Crippen molar-refractivity contribution in [3.63, 3.8) is 0 Å². The van der Waals surface area contributed by atoms with E-state index in [4.69, 9.17) is 0 Å². The van der Waals surface area contributed by atoms with Crippen LogP contribution in [0.1, 0.15) is 51.4 Å². The Morgan fingerprint density at radius 3 is 1.92 bits per heavy atom. The van der Waals surface area contributed by atoms with E-state index in [0.29, 0.717) is 0 Å². The first kappa shape index (κ1) is 13.1. The molecule has 0 aromatic rings. The molecule has 0 fully saturated rings. The third-order valence-electron chi connectivity index (χ3n) is 2.03. The topological polar surface area (TPSA) is 17.1 Å². The number of carbonyl (C=O) groups is 1. The van der Waals surface area contributed by atoms with Gasteiger partial charge in [-0.25, -0.2) is 0 Å². The van der Waals surface area contributed by atoms with Crippen molar-refractivity contribution in [1.82, 2.24) is 0 Å². The summed E-state index contributed by atoms with van der Waals surface area (Å²) in [5.74, 6) is 0. The Bertz CT molecular complexity index is 132. The molecule has 2 heteroatoms. The zero-order valence-electron chi connectivity index (χ0n) is 8.18. The third-order valence-corrected chi connectivity index (χ3v) is 2.54. The SMILES string of the molecule is O=CCCCCCCCC/C=C/I. The van der Waals surface area contributed by atoms with Gasteiger partial charge >= 0.3 is 0 Å². The van der Waals surface area contributed by atoms with E-state index >= 15 is 0 Å². The van der Waals surface area contributed by atoms with Crippen molar-refractivity contribution in [2.24, 2.45) is 0 Å². The monoisotopic (exact) mass is 294 g/mol. The van der Waals surface area contributed by atoms with Crippen molar-refractivity contribution >= 4 is 28.9 Å². The normalized spacial score (nSPS) is 10.8.